The Hall–Kier alpha value is -2.89. The van der Waals surface area contributed by atoms with Gasteiger partial charge >= 0.3 is 0 Å². The third-order valence-electron chi connectivity index (χ3n) is 4.50. The molecule has 0 radical (unpaired) electrons. The summed E-state index contributed by atoms with van der Waals surface area (Å²) >= 11 is 0. The molecule has 3 rings (SSSR count). The molecule has 1 aliphatic carbocycles. The van der Waals surface area contributed by atoms with Crippen LogP contribution in [0.5, 0.6) is 0 Å². The Bertz CT molecular complexity index is 894. The molecule has 6 nitrogen and oxygen atoms in total. The molecule has 26 heavy (non-hydrogen) atoms. The van der Waals surface area contributed by atoms with Crippen molar-refractivity contribution in [1.82, 2.24) is 10.3 Å². The number of aryl methyl sites for hydroxylation is 2. The van der Waals surface area contributed by atoms with Gasteiger partial charge in [0.25, 0.3) is 11.8 Å². The molecule has 136 valence electrons. The molecule has 0 bridgehead atoms. The van der Waals surface area contributed by atoms with Crippen molar-refractivity contribution in [1.29, 1.82) is 0 Å². The van der Waals surface area contributed by atoms with E-state index in [2.05, 4.69) is 10.5 Å². The minimum Gasteiger partial charge on any atom is -0.455 e. The Morgan fingerprint density at radius 3 is 2.65 bits per heavy atom. The summed E-state index contributed by atoms with van der Waals surface area (Å²) in [6.07, 6.45) is 2.37. The molecule has 2 amide bonds. The fourth-order valence-electron chi connectivity index (χ4n) is 3.16. The molecule has 0 atom stereocenters. The molecular weight excluding hydrogens is 330 g/mol. The van der Waals surface area contributed by atoms with Gasteiger partial charge in [0.15, 0.2) is 5.76 Å². The summed E-state index contributed by atoms with van der Waals surface area (Å²) in [5, 5.41) is 4.34. The van der Waals surface area contributed by atoms with E-state index in [0.29, 0.717) is 11.3 Å². The Labute approximate surface area is 152 Å². The smallest absolute Gasteiger partial charge is 0.289 e. The number of benzene rings is 1. The van der Waals surface area contributed by atoms with Crippen molar-refractivity contribution in [3.8, 4) is 0 Å². The first-order chi connectivity index (χ1) is 12.4. The minimum atomic E-state index is -0.251. The average Bonchev–Trinajstić information content (AvgIpc) is 2.96. The molecule has 0 unspecified atom stereocenters. The highest BCUT2D eigenvalue weighted by atomic mass is 16.4. The van der Waals surface area contributed by atoms with E-state index in [1.807, 2.05) is 32.0 Å². The van der Waals surface area contributed by atoms with E-state index in [9.17, 15) is 9.59 Å². The summed E-state index contributed by atoms with van der Waals surface area (Å²) in [6.45, 7) is 3.80. The predicted molar refractivity (Wildman–Crippen MR) is 99.6 cm³/mol. The predicted octanol–water partition coefficient (Wildman–Crippen LogP) is 3.07. The van der Waals surface area contributed by atoms with E-state index in [0.717, 1.165) is 47.4 Å². The monoisotopic (exact) mass is 353 g/mol. The summed E-state index contributed by atoms with van der Waals surface area (Å²) < 4.78 is 5.81. The van der Waals surface area contributed by atoms with Crippen LogP contribution in [0.25, 0.3) is 0 Å². The highest BCUT2D eigenvalue weighted by Gasteiger charge is 2.28. The van der Waals surface area contributed by atoms with E-state index in [-0.39, 0.29) is 11.8 Å². The van der Waals surface area contributed by atoms with E-state index in [4.69, 9.17) is 4.42 Å². The van der Waals surface area contributed by atoms with Crippen LogP contribution in [0.3, 0.4) is 0 Å². The molecule has 1 heterocycles. The molecule has 0 aliphatic heterocycles. The largest absolute Gasteiger partial charge is 0.455 e. The van der Waals surface area contributed by atoms with Gasteiger partial charge in [0.2, 0.25) is 0 Å². The van der Waals surface area contributed by atoms with Crippen molar-refractivity contribution >= 4 is 17.5 Å². The number of hydrogen-bond acceptors (Lipinski definition) is 4. The third kappa shape index (κ3) is 3.40. The number of fused-ring (bicyclic) bond motifs is 1. The Kier molecular flexibility index (Phi) is 4.93. The van der Waals surface area contributed by atoms with Crippen molar-refractivity contribution in [2.45, 2.75) is 33.1 Å². The fraction of sp³-hybridized carbons (Fsp3) is 0.350. The average molecular weight is 353 g/mol. The molecular formula is C20H23N3O3. The second-order valence-corrected chi connectivity index (χ2v) is 6.78. The lowest BCUT2D eigenvalue weighted by molar-refractivity contribution is 0.0793. The summed E-state index contributed by atoms with van der Waals surface area (Å²) in [4.78, 5) is 26.1. The van der Waals surface area contributed by atoms with Crippen LogP contribution in [-0.4, -0.2) is 36.5 Å². The fourth-order valence-corrected chi connectivity index (χ4v) is 3.16. The SMILES string of the molecule is Cc1cccc(C(=O)N/N=C2\CCCc3oc(C(=O)N(C)C)c(C)c32)c1. The Balaban J connectivity index is 1.88. The highest BCUT2D eigenvalue weighted by molar-refractivity contribution is 6.07. The molecule has 1 aromatic carbocycles. The normalized spacial score (nSPS) is 14.8. The van der Waals surface area contributed by atoms with Crippen molar-refractivity contribution in [2.75, 3.05) is 14.1 Å². The topological polar surface area (TPSA) is 74.9 Å². The van der Waals surface area contributed by atoms with E-state index in [1.54, 1.807) is 20.2 Å². The number of nitrogens with one attached hydrogen (secondary N) is 1. The minimum absolute atomic E-state index is 0.167. The van der Waals surface area contributed by atoms with Gasteiger partial charge in [-0.3, -0.25) is 9.59 Å². The summed E-state index contributed by atoms with van der Waals surface area (Å²) in [6, 6.07) is 7.36. The molecule has 1 N–H and O–H groups in total. The quantitative estimate of drug-likeness (QED) is 0.862. The molecule has 1 aromatic heterocycles. The van der Waals surface area contributed by atoms with Crippen LogP contribution >= 0.6 is 0 Å². The molecule has 0 saturated carbocycles. The number of carbonyl (C=O) groups is 2. The van der Waals surface area contributed by atoms with Crippen LogP contribution in [0.2, 0.25) is 0 Å². The zero-order valence-electron chi connectivity index (χ0n) is 15.5. The Morgan fingerprint density at radius 1 is 1.19 bits per heavy atom. The first-order valence-electron chi connectivity index (χ1n) is 8.66. The van der Waals surface area contributed by atoms with Crippen LogP contribution in [0.15, 0.2) is 33.8 Å². The van der Waals surface area contributed by atoms with E-state index >= 15 is 0 Å². The van der Waals surface area contributed by atoms with Gasteiger partial charge in [-0.05, 0) is 38.8 Å². The van der Waals surface area contributed by atoms with E-state index in [1.165, 1.54) is 4.90 Å². The lowest BCUT2D eigenvalue weighted by atomic mass is 9.93. The van der Waals surface area contributed by atoms with Crippen LogP contribution < -0.4 is 5.43 Å². The lowest BCUT2D eigenvalue weighted by Crippen LogP contribution is -2.23. The van der Waals surface area contributed by atoms with Crippen molar-refractivity contribution in [2.24, 2.45) is 5.10 Å². The number of carbonyl (C=O) groups excluding carboxylic acids is 2. The van der Waals surface area contributed by atoms with Crippen LogP contribution in [0.4, 0.5) is 0 Å². The van der Waals surface area contributed by atoms with Crippen molar-refractivity contribution in [3.05, 3.63) is 58.0 Å². The Morgan fingerprint density at radius 2 is 1.96 bits per heavy atom. The van der Waals surface area contributed by atoms with Gasteiger partial charge in [0, 0.05) is 37.2 Å². The van der Waals surface area contributed by atoms with Crippen molar-refractivity contribution in [3.63, 3.8) is 0 Å². The van der Waals surface area contributed by atoms with Crippen LogP contribution in [0, 0.1) is 13.8 Å². The summed E-state index contributed by atoms with van der Waals surface area (Å²) in [7, 11) is 3.39. The number of rotatable bonds is 3. The van der Waals surface area contributed by atoms with Gasteiger partial charge in [-0.2, -0.15) is 5.10 Å². The molecule has 2 aromatic rings. The van der Waals surface area contributed by atoms with Gasteiger partial charge < -0.3 is 9.32 Å². The number of nitrogens with zero attached hydrogens (tertiary/aromatic N) is 2. The van der Waals surface area contributed by atoms with Crippen LogP contribution in [0.1, 0.15) is 56.2 Å². The number of amides is 2. The molecule has 0 fully saturated rings. The van der Waals surface area contributed by atoms with Crippen LogP contribution in [-0.2, 0) is 6.42 Å². The highest BCUT2D eigenvalue weighted by Crippen LogP contribution is 2.30. The zero-order valence-corrected chi connectivity index (χ0v) is 15.5. The first-order valence-corrected chi connectivity index (χ1v) is 8.66. The molecule has 1 aliphatic rings. The number of furan rings is 1. The van der Waals surface area contributed by atoms with E-state index < -0.39 is 0 Å². The van der Waals surface area contributed by atoms with Gasteiger partial charge in [-0.25, -0.2) is 5.43 Å². The summed E-state index contributed by atoms with van der Waals surface area (Å²) in [5.41, 5.74) is 6.61. The van der Waals surface area contributed by atoms with Gasteiger partial charge in [-0.1, -0.05) is 17.7 Å². The second kappa shape index (κ2) is 7.15. The third-order valence-corrected chi connectivity index (χ3v) is 4.50. The molecule has 6 heteroatoms. The maximum atomic E-state index is 12.3. The number of hydrazone groups is 1. The van der Waals surface area contributed by atoms with Gasteiger partial charge in [0.1, 0.15) is 5.76 Å². The first kappa shape index (κ1) is 17.9. The second-order valence-electron chi connectivity index (χ2n) is 6.78. The maximum absolute atomic E-state index is 12.3. The van der Waals surface area contributed by atoms with Crippen molar-refractivity contribution < 1.29 is 14.0 Å². The maximum Gasteiger partial charge on any atom is 0.289 e. The molecule has 0 saturated heterocycles. The van der Waals surface area contributed by atoms with Gasteiger partial charge in [-0.15, -0.1) is 0 Å². The summed E-state index contributed by atoms with van der Waals surface area (Å²) in [5.74, 6) is 0.696. The number of hydrogen-bond donors (Lipinski definition) is 1. The van der Waals surface area contributed by atoms with Gasteiger partial charge in [0.05, 0.1) is 5.71 Å². The molecule has 0 spiro atoms. The zero-order chi connectivity index (χ0) is 18.8. The lowest BCUT2D eigenvalue weighted by Gasteiger charge is -2.13. The standard InChI is InChI=1S/C20H23N3O3/c1-12-7-5-8-14(11-12)19(24)22-21-15-9-6-10-16-17(15)13(2)18(26-16)20(25)23(3)4/h5,7-8,11H,6,9-10H2,1-4H3,(H,22,24)/b21-15+.